The highest BCUT2D eigenvalue weighted by Gasteiger charge is 2.40. The minimum absolute atomic E-state index is 0.00181. The number of hydrogen-bond acceptors (Lipinski definition) is 22. The van der Waals surface area contributed by atoms with E-state index in [0.717, 1.165) is 0 Å². The van der Waals surface area contributed by atoms with Crippen molar-refractivity contribution >= 4 is 123 Å². The first-order valence-electron chi connectivity index (χ1n) is 40.0. The standard InChI is InChI=1S/C75H124N28O18/c1-8-38(5)58(102-66(114)50(24-26-55(79)105)93-60(108)40(7)92-61(109)44(77)23-25-54(78)104)71(119)100-53(33-56(106)107)69(117)96-46(19-12-13-27-76)64(112)98-51(31-41-34-90-45-18-11-10-17-43(41)45)67(115)99-52(32-42-35-86-36-91-42)68(116)97-48(21-15-29-88-74(82)83)63(111)94-47(20-14-28-87-73(80)81)62(110)95-49(22-16-30-89-75(84)85)65(113)101-57(37(3)4)70(118)103-59(72(120)121)39(6)9-2/h10-11,17-18,34-40,44,46-53,57-59,90H,8-9,12-16,19-33,76-77H2,1-7H3,(H2,78,104)(H2,79,105)(H,86,91)(H,92,109)(H,93,108)(H,94,111)(H,95,110)(H,96,117)(H,97,116)(H,98,112)(H,99,115)(H,100,119)(H,101,113)(H,102,114)(H,103,118)(H,106,107)(H,120,121)(H4,80,81,87)(H4,82,83,88)(H4,84,85,89)/t38-,39-,40-,44-,46-,47-,48-,49-,50-,51-,52-,53-,57-,58-,59-/m0/s1. The molecule has 14 amide bonds. The van der Waals surface area contributed by atoms with Crippen LogP contribution in [-0.4, -0.2) is 242 Å². The van der Waals surface area contributed by atoms with E-state index in [1.54, 1.807) is 65.1 Å². The van der Waals surface area contributed by atoms with Crippen molar-refractivity contribution in [3.05, 3.63) is 54.2 Å². The van der Waals surface area contributed by atoms with Gasteiger partial charge in [0.2, 0.25) is 82.7 Å². The van der Waals surface area contributed by atoms with Crippen molar-refractivity contribution in [3.8, 4) is 0 Å². The number of aliphatic carboxylic acids is 2. The molecule has 0 saturated carbocycles. The predicted octanol–water partition coefficient (Wildman–Crippen LogP) is -6.40. The maximum Gasteiger partial charge on any atom is 0.326 e. The molecule has 0 unspecified atom stereocenters. The van der Waals surface area contributed by atoms with Gasteiger partial charge in [-0.3, -0.25) is 88.1 Å². The fourth-order valence-electron chi connectivity index (χ4n) is 12.3. The number of H-pyrrole nitrogens is 2. The molecule has 46 heteroatoms. The number of imidazole rings is 1. The molecule has 3 rings (SSSR count). The van der Waals surface area contributed by atoms with Gasteiger partial charge in [-0.1, -0.05) is 72.6 Å². The third kappa shape index (κ3) is 37.4. The van der Waals surface area contributed by atoms with E-state index in [1.165, 1.54) is 26.4 Å². The van der Waals surface area contributed by atoms with Crippen molar-refractivity contribution in [2.45, 2.75) is 243 Å². The Balaban J connectivity index is 2.14. The number of hydrogen-bond donors (Lipinski definition) is 29. The number of aromatic nitrogens is 3. The molecular formula is C75H124N28O18. The number of primary amides is 2. The molecule has 0 radical (unpaired) electrons. The van der Waals surface area contributed by atoms with Gasteiger partial charge in [0.25, 0.3) is 0 Å². The number of benzene rings is 1. The number of nitrogens with zero attached hydrogens (tertiary/aromatic N) is 1. The maximum absolute atomic E-state index is 15.4. The highest BCUT2D eigenvalue weighted by molar-refractivity contribution is 6.01. The van der Waals surface area contributed by atoms with Gasteiger partial charge >= 0.3 is 11.9 Å². The third-order valence-corrected chi connectivity index (χ3v) is 19.7. The zero-order chi connectivity index (χ0) is 90.8. The Labute approximate surface area is 699 Å². The van der Waals surface area contributed by atoms with Crippen LogP contribution in [0.15, 0.2) is 43.0 Å². The number of carbonyl (C=O) groups excluding carboxylic acids is 14. The summed E-state index contributed by atoms with van der Waals surface area (Å²) in [5.41, 5.74) is 40.3. The number of carbonyl (C=O) groups is 16. The second kappa shape index (κ2) is 52.9. The van der Waals surface area contributed by atoms with Crippen molar-refractivity contribution in [3.63, 3.8) is 0 Å². The van der Waals surface area contributed by atoms with Gasteiger partial charge in [0, 0.05) is 74.3 Å². The quantitative estimate of drug-likeness (QED) is 0.0142. The summed E-state index contributed by atoms with van der Waals surface area (Å²) < 4.78 is 0. The number of unbranched alkanes of at least 4 members (excludes halogenated alkanes) is 1. The fraction of sp³-hybridized carbons (Fsp3) is 0.600. The minimum Gasteiger partial charge on any atom is -0.481 e. The van der Waals surface area contributed by atoms with Gasteiger partial charge in [0.1, 0.15) is 72.5 Å². The van der Waals surface area contributed by atoms with Crippen LogP contribution >= 0.6 is 0 Å². The SMILES string of the molecule is CC[C@H](C)[C@H](NC(=O)[C@@H](NC(=O)[C@H](CCCNC(=N)N)NC(=O)[C@H](CCCNC(=N)N)NC(=O)[C@H](CCCNC(=N)N)NC(=O)[C@H](Cc1cnc[nH]1)NC(=O)[C@H](Cc1c[nH]c2ccccc12)NC(=O)[C@H](CCCCN)NC(=O)[C@H](CC(=O)O)NC(=O)[C@@H](NC(=O)[C@H](CCC(N)=O)NC(=O)[C@H](C)NC(=O)[C@@H](N)CCC(N)=O)[C@@H](C)CC)C(C)C)C(=O)O. The van der Waals surface area contributed by atoms with Crippen molar-refractivity contribution < 1.29 is 86.9 Å². The first-order valence-corrected chi connectivity index (χ1v) is 40.0. The molecule has 0 aliphatic carbocycles. The van der Waals surface area contributed by atoms with Gasteiger partial charge < -0.3 is 140 Å². The molecule has 0 aliphatic rings. The Morgan fingerprint density at radius 1 is 0.438 bits per heavy atom. The van der Waals surface area contributed by atoms with E-state index in [9.17, 15) is 67.7 Å². The zero-order valence-corrected chi connectivity index (χ0v) is 69.3. The Morgan fingerprint density at radius 2 is 0.835 bits per heavy atom. The highest BCUT2D eigenvalue weighted by Crippen LogP contribution is 2.21. The smallest absolute Gasteiger partial charge is 0.326 e. The summed E-state index contributed by atoms with van der Waals surface area (Å²) in [5, 5.41) is 82.4. The molecule has 0 aliphatic heterocycles. The lowest BCUT2D eigenvalue weighted by atomic mass is 9.96. The number of fused-ring (bicyclic) bond motifs is 1. The van der Waals surface area contributed by atoms with Crippen molar-refractivity contribution in [1.82, 2.24) is 94.7 Å². The number of nitrogens with one attached hydrogen (secondary N) is 20. The monoisotopic (exact) mass is 1700 g/mol. The van der Waals surface area contributed by atoms with Gasteiger partial charge in [0.15, 0.2) is 17.9 Å². The van der Waals surface area contributed by atoms with Gasteiger partial charge in [-0.25, -0.2) is 9.78 Å². The number of nitrogens with two attached hydrogens (primary N) is 7. The topological polar surface area (TPSA) is 792 Å². The third-order valence-electron chi connectivity index (χ3n) is 19.7. The second-order valence-electron chi connectivity index (χ2n) is 29.8. The average molecular weight is 1710 g/mol. The Hall–Kier alpha value is -12.8. The molecule has 0 spiro atoms. The van der Waals surface area contributed by atoms with E-state index < -0.39 is 228 Å². The molecule has 46 nitrogen and oxygen atoms in total. The van der Waals surface area contributed by atoms with Crippen LogP contribution in [0.1, 0.15) is 162 Å². The summed E-state index contributed by atoms with van der Waals surface area (Å²) in [7, 11) is 0. The fourth-order valence-corrected chi connectivity index (χ4v) is 12.3. The van der Waals surface area contributed by atoms with Gasteiger partial charge in [0.05, 0.1) is 18.8 Å². The molecule has 36 N–H and O–H groups in total. The van der Waals surface area contributed by atoms with Crippen LogP contribution in [0, 0.1) is 34.0 Å². The van der Waals surface area contributed by atoms with Crippen molar-refractivity contribution in [2.24, 2.45) is 57.9 Å². The number of carboxylic acid groups (broad SMARTS) is 2. The van der Waals surface area contributed by atoms with E-state index in [0.29, 0.717) is 22.9 Å². The molecule has 2 aromatic heterocycles. The summed E-state index contributed by atoms with van der Waals surface area (Å²) in [4.78, 5) is 231. The zero-order valence-electron chi connectivity index (χ0n) is 69.3. The van der Waals surface area contributed by atoms with Crippen molar-refractivity contribution in [1.29, 1.82) is 16.2 Å². The number of guanidine groups is 3. The summed E-state index contributed by atoms with van der Waals surface area (Å²) in [6, 6.07) is -13.3. The van der Waals surface area contributed by atoms with E-state index in [-0.39, 0.29) is 122 Å². The van der Waals surface area contributed by atoms with E-state index >= 15 is 19.2 Å². The number of carboxylic acids is 2. The first-order chi connectivity index (χ1) is 57.1. The Morgan fingerprint density at radius 3 is 1.28 bits per heavy atom. The molecule has 0 saturated heterocycles. The highest BCUT2D eigenvalue weighted by atomic mass is 16.4. The largest absolute Gasteiger partial charge is 0.481 e. The normalized spacial score (nSPS) is 14.8. The molecule has 2 heterocycles. The summed E-state index contributed by atoms with van der Waals surface area (Å²) >= 11 is 0. The van der Waals surface area contributed by atoms with Crippen LogP contribution in [0.4, 0.5) is 0 Å². The molecule has 0 bridgehead atoms. The number of rotatable bonds is 58. The number of amides is 14. The molecule has 121 heavy (non-hydrogen) atoms. The molecule has 1 aromatic carbocycles. The second-order valence-corrected chi connectivity index (χ2v) is 29.8. The summed E-state index contributed by atoms with van der Waals surface area (Å²) in [5.74, 6) is -19.9. The van der Waals surface area contributed by atoms with Gasteiger partial charge in [-0.2, -0.15) is 0 Å². The van der Waals surface area contributed by atoms with Crippen LogP contribution in [0.25, 0.3) is 10.9 Å². The van der Waals surface area contributed by atoms with Crippen LogP contribution in [0.5, 0.6) is 0 Å². The molecule has 672 valence electrons. The van der Waals surface area contributed by atoms with Gasteiger partial charge in [-0.05, 0) is 113 Å². The first kappa shape index (κ1) is 102. The van der Waals surface area contributed by atoms with E-state index in [2.05, 4.69) is 94.7 Å². The maximum atomic E-state index is 15.4. The van der Waals surface area contributed by atoms with Crippen LogP contribution in [0.3, 0.4) is 0 Å². The molecule has 0 fully saturated rings. The van der Waals surface area contributed by atoms with E-state index in [4.69, 9.17) is 56.4 Å². The average Bonchev–Trinajstić information content (AvgIpc) is 1.72. The summed E-state index contributed by atoms with van der Waals surface area (Å²) in [6.45, 7) is 11.0. The van der Waals surface area contributed by atoms with Gasteiger partial charge in [-0.15, -0.1) is 0 Å². The lowest BCUT2D eigenvalue weighted by molar-refractivity contribution is -0.144. The Kier molecular flexibility index (Phi) is 44.8. The number of aromatic amines is 2. The number of para-hydroxylation sites is 1. The van der Waals surface area contributed by atoms with Crippen LogP contribution in [0.2, 0.25) is 0 Å². The Bertz CT molecular complexity index is 4030. The molecule has 15 atom stereocenters. The summed E-state index contributed by atoms with van der Waals surface area (Å²) in [6.07, 6.45) is 1.17. The predicted molar refractivity (Wildman–Crippen MR) is 442 cm³/mol. The molecular weight excluding hydrogens is 1580 g/mol. The lowest BCUT2D eigenvalue weighted by Crippen LogP contribution is -2.62. The van der Waals surface area contributed by atoms with Crippen LogP contribution < -0.4 is 120 Å². The van der Waals surface area contributed by atoms with Crippen molar-refractivity contribution in [2.75, 3.05) is 26.2 Å². The molecule has 3 aromatic rings. The van der Waals surface area contributed by atoms with E-state index in [1.807, 2.05) is 0 Å². The lowest BCUT2D eigenvalue weighted by Gasteiger charge is -2.29. The van der Waals surface area contributed by atoms with Crippen LogP contribution in [-0.2, 0) is 89.6 Å². The minimum atomic E-state index is -2.00.